The minimum Gasteiger partial charge on any atom is -0.484 e. The third kappa shape index (κ3) is 5.59. The lowest BCUT2D eigenvalue weighted by Crippen LogP contribution is -2.38. The second kappa shape index (κ2) is 8.93. The number of nitrogens with zero attached hydrogens (tertiary/aromatic N) is 1. The maximum absolute atomic E-state index is 12.4. The number of rotatable bonds is 7. The standard InChI is InChI=1S/C18H18ClNO4/c1-23-18(22)12-20(11-14-5-3-2-4-6-14)17(21)13-24-16-9-7-15(19)8-10-16/h2-10H,11-13H2,1H3. The molecule has 5 nitrogen and oxygen atoms in total. The Morgan fingerprint density at radius 2 is 1.71 bits per heavy atom. The summed E-state index contributed by atoms with van der Waals surface area (Å²) >= 11 is 5.81. The summed E-state index contributed by atoms with van der Waals surface area (Å²) in [6.45, 7) is -0.00157. The zero-order valence-corrected chi connectivity index (χ0v) is 14.0. The summed E-state index contributed by atoms with van der Waals surface area (Å²) in [6.07, 6.45) is 0. The van der Waals surface area contributed by atoms with Gasteiger partial charge < -0.3 is 14.4 Å². The lowest BCUT2D eigenvalue weighted by molar-refractivity contribution is -0.148. The Bertz CT molecular complexity index is 673. The Morgan fingerprint density at radius 1 is 1.04 bits per heavy atom. The Morgan fingerprint density at radius 3 is 2.33 bits per heavy atom. The van der Waals surface area contributed by atoms with Gasteiger partial charge in [0.25, 0.3) is 5.91 Å². The van der Waals surface area contributed by atoms with Crippen molar-refractivity contribution >= 4 is 23.5 Å². The first-order valence-electron chi connectivity index (χ1n) is 7.35. The number of ether oxygens (including phenoxy) is 2. The lowest BCUT2D eigenvalue weighted by Gasteiger charge is -2.21. The molecular formula is C18H18ClNO4. The van der Waals surface area contributed by atoms with E-state index in [0.717, 1.165) is 5.56 Å². The van der Waals surface area contributed by atoms with Crippen molar-refractivity contribution in [1.29, 1.82) is 0 Å². The summed E-state index contributed by atoms with van der Waals surface area (Å²) in [5.41, 5.74) is 0.918. The van der Waals surface area contributed by atoms with Crippen LogP contribution in [0, 0.1) is 0 Å². The molecule has 0 atom stereocenters. The highest BCUT2D eigenvalue weighted by atomic mass is 35.5. The van der Waals surface area contributed by atoms with E-state index in [4.69, 9.17) is 16.3 Å². The summed E-state index contributed by atoms with van der Waals surface area (Å²) in [5, 5.41) is 0.588. The second-order valence-electron chi connectivity index (χ2n) is 5.05. The van der Waals surface area contributed by atoms with Crippen LogP contribution in [0.5, 0.6) is 5.75 Å². The van der Waals surface area contributed by atoms with Gasteiger partial charge in [0.15, 0.2) is 6.61 Å². The van der Waals surface area contributed by atoms with Crippen molar-refractivity contribution in [2.24, 2.45) is 0 Å². The van der Waals surface area contributed by atoms with E-state index in [1.54, 1.807) is 24.3 Å². The summed E-state index contributed by atoms with van der Waals surface area (Å²) in [4.78, 5) is 25.4. The van der Waals surface area contributed by atoms with Crippen molar-refractivity contribution < 1.29 is 19.1 Å². The molecular weight excluding hydrogens is 330 g/mol. The maximum Gasteiger partial charge on any atom is 0.325 e. The van der Waals surface area contributed by atoms with Gasteiger partial charge in [0.1, 0.15) is 12.3 Å². The van der Waals surface area contributed by atoms with Gasteiger partial charge in [0.05, 0.1) is 7.11 Å². The molecule has 0 aliphatic heterocycles. The quantitative estimate of drug-likeness (QED) is 0.723. The number of benzene rings is 2. The first kappa shape index (κ1) is 17.8. The number of amides is 1. The predicted molar refractivity (Wildman–Crippen MR) is 90.8 cm³/mol. The topological polar surface area (TPSA) is 55.8 Å². The fraction of sp³-hybridized carbons (Fsp3) is 0.222. The van der Waals surface area contributed by atoms with E-state index in [-0.39, 0.29) is 19.1 Å². The van der Waals surface area contributed by atoms with Crippen molar-refractivity contribution in [3.05, 3.63) is 65.2 Å². The van der Waals surface area contributed by atoms with Gasteiger partial charge >= 0.3 is 5.97 Å². The molecule has 126 valence electrons. The van der Waals surface area contributed by atoms with Crippen molar-refractivity contribution in [1.82, 2.24) is 4.90 Å². The average molecular weight is 348 g/mol. The van der Waals surface area contributed by atoms with Gasteiger partial charge in [0.2, 0.25) is 0 Å². The van der Waals surface area contributed by atoms with Crippen LogP contribution in [0.15, 0.2) is 54.6 Å². The highest BCUT2D eigenvalue weighted by molar-refractivity contribution is 6.30. The number of hydrogen-bond donors (Lipinski definition) is 0. The highest BCUT2D eigenvalue weighted by Crippen LogP contribution is 2.15. The molecule has 2 aromatic rings. The number of esters is 1. The Hall–Kier alpha value is -2.53. The van der Waals surface area contributed by atoms with Crippen LogP contribution in [-0.4, -0.2) is 37.0 Å². The van der Waals surface area contributed by atoms with Crippen LogP contribution in [-0.2, 0) is 20.9 Å². The molecule has 0 aliphatic rings. The van der Waals surface area contributed by atoms with Crippen LogP contribution in [0.4, 0.5) is 0 Å². The normalized spacial score (nSPS) is 10.1. The number of hydrogen-bond acceptors (Lipinski definition) is 4. The van der Waals surface area contributed by atoms with Crippen LogP contribution in [0.1, 0.15) is 5.56 Å². The van der Waals surface area contributed by atoms with E-state index in [1.165, 1.54) is 12.0 Å². The maximum atomic E-state index is 12.4. The third-order valence-corrected chi connectivity index (χ3v) is 3.54. The third-order valence-electron chi connectivity index (χ3n) is 3.29. The lowest BCUT2D eigenvalue weighted by atomic mass is 10.2. The zero-order valence-electron chi connectivity index (χ0n) is 13.3. The largest absolute Gasteiger partial charge is 0.484 e. The molecule has 0 bridgehead atoms. The average Bonchev–Trinajstić information content (AvgIpc) is 2.61. The predicted octanol–water partition coefficient (Wildman–Crippen LogP) is 2.92. The molecule has 0 aliphatic carbocycles. The highest BCUT2D eigenvalue weighted by Gasteiger charge is 2.18. The van der Waals surface area contributed by atoms with Crippen molar-refractivity contribution in [3.8, 4) is 5.75 Å². The summed E-state index contributed by atoms with van der Waals surface area (Å²) in [5.74, 6) is -0.254. The van der Waals surface area contributed by atoms with Gasteiger partial charge in [-0.3, -0.25) is 9.59 Å². The van der Waals surface area contributed by atoms with E-state index in [9.17, 15) is 9.59 Å². The number of carbonyl (C=O) groups is 2. The van der Waals surface area contributed by atoms with Crippen LogP contribution >= 0.6 is 11.6 Å². The molecule has 0 heterocycles. The van der Waals surface area contributed by atoms with Gasteiger partial charge in [-0.15, -0.1) is 0 Å². The van der Waals surface area contributed by atoms with Crippen molar-refractivity contribution in [3.63, 3.8) is 0 Å². The van der Waals surface area contributed by atoms with E-state index in [2.05, 4.69) is 4.74 Å². The molecule has 1 amide bonds. The number of methoxy groups -OCH3 is 1. The fourth-order valence-corrected chi connectivity index (χ4v) is 2.15. The molecule has 0 N–H and O–H groups in total. The van der Waals surface area contributed by atoms with Gasteiger partial charge in [-0.25, -0.2) is 0 Å². The van der Waals surface area contributed by atoms with Gasteiger partial charge in [-0.05, 0) is 29.8 Å². The van der Waals surface area contributed by atoms with Gasteiger partial charge in [0, 0.05) is 11.6 Å². The molecule has 0 radical (unpaired) electrons. The number of carbonyl (C=O) groups excluding carboxylic acids is 2. The molecule has 0 fully saturated rings. The molecule has 2 rings (SSSR count). The van der Waals surface area contributed by atoms with E-state index in [1.807, 2.05) is 30.3 Å². The molecule has 6 heteroatoms. The Balaban J connectivity index is 2.00. The molecule has 0 saturated heterocycles. The van der Waals surface area contributed by atoms with Crippen LogP contribution < -0.4 is 4.74 Å². The molecule has 0 aromatic heterocycles. The monoisotopic (exact) mass is 347 g/mol. The van der Waals surface area contributed by atoms with Crippen LogP contribution in [0.2, 0.25) is 5.02 Å². The van der Waals surface area contributed by atoms with Crippen LogP contribution in [0.3, 0.4) is 0 Å². The Kier molecular flexibility index (Phi) is 6.63. The zero-order chi connectivity index (χ0) is 17.4. The van der Waals surface area contributed by atoms with Crippen LogP contribution in [0.25, 0.3) is 0 Å². The molecule has 0 unspecified atom stereocenters. The Labute approximate surface area is 145 Å². The summed E-state index contributed by atoms with van der Waals surface area (Å²) in [6, 6.07) is 16.1. The van der Waals surface area contributed by atoms with Gasteiger partial charge in [-0.1, -0.05) is 41.9 Å². The minimum absolute atomic E-state index is 0.131. The minimum atomic E-state index is -0.481. The van der Waals surface area contributed by atoms with E-state index < -0.39 is 5.97 Å². The smallest absolute Gasteiger partial charge is 0.325 e. The molecule has 0 saturated carbocycles. The summed E-state index contributed by atoms with van der Waals surface area (Å²) in [7, 11) is 1.29. The van der Waals surface area contributed by atoms with E-state index >= 15 is 0 Å². The van der Waals surface area contributed by atoms with Crippen molar-refractivity contribution in [2.45, 2.75) is 6.54 Å². The second-order valence-corrected chi connectivity index (χ2v) is 5.49. The van der Waals surface area contributed by atoms with Gasteiger partial charge in [-0.2, -0.15) is 0 Å². The first-order valence-corrected chi connectivity index (χ1v) is 7.73. The molecule has 0 spiro atoms. The SMILES string of the molecule is COC(=O)CN(Cc1ccccc1)C(=O)COc1ccc(Cl)cc1. The van der Waals surface area contributed by atoms with Crippen molar-refractivity contribution in [2.75, 3.05) is 20.3 Å². The van der Waals surface area contributed by atoms with E-state index in [0.29, 0.717) is 17.3 Å². The summed E-state index contributed by atoms with van der Waals surface area (Å²) < 4.78 is 10.1. The first-order chi connectivity index (χ1) is 11.6. The fourth-order valence-electron chi connectivity index (χ4n) is 2.02. The molecule has 24 heavy (non-hydrogen) atoms. The molecule has 2 aromatic carbocycles. The number of halogens is 1.